The van der Waals surface area contributed by atoms with Gasteiger partial charge >= 0.3 is 6.09 Å². The Kier molecular flexibility index (Phi) is 7.47. The molecule has 0 unspecified atom stereocenters. The lowest BCUT2D eigenvalue weighted by molar-refractivity contribution is 0.0240. The van der Waals surface area contributed by atoms with Crippen LogP contribution in [0, 0.1) is 0 Å². The Morgan fingerprint density at radius 2 is 1.76 bits per heavy atom. The second kappa shape index (κ2) is 10.6. The number of rotatable bonds is 6. The van der Waals surface area contributed by atoms with Gasteiger partial charge in [-0.3, -0.25) is 4.79 Å². The molecule has 0 atom stereocenters. The molecule has 37 heavy (non-hydrogen) atoms. The number of aromatic nitrogens is 2. The number of piperazine rings is 1. The molecule has 1 aliphatic rings. The van der Waals surface area contributed by atoms with Gasteiger partial charge in [0.1, 0.15) is 28.6 Å². The van der Waals surface area contributed by atoms with Gasteiger partial charge in [-0.25, -0.2) is 9.78 Å². The maximum absolute atomic E-state index is 13.2. The van der Waals surface area contributed by atoms with Crippen LogP contribution in [0.4, 0.5) is 16.3 Å². The third-order valence-electron chi connectivity index (χ3n) is 6.22. The number of nitrogens with one attached hydrogen (secondary N) is 1. The first-order chi connectivity index (χ1) is 17.6. The van der Waals surface area contributed by atoms with E-state index in [1.165, 1.54) is 0 Å². The highest BCUT2D eigenvalue weighted by Crippen LogP contribution is 2.34. The van der Waals surface area contributed by atoms with Crippen LogP contribution in [0.25, 0.3) is 10.9 Å². The van der Waals surface area contributed by atoms with Crippen molar-refractivity contribution in [3.63, 3.8) is 0 Å². The second-order valence-electron chi connectivity index (χ2n) is 9.85. The zero-order valence-electron chi connectivity index (χ0n) is 22.3. The number of hydrogen-bond acceptors (Lipinski definition) is 7. The van der Waals surface area contributed by atoms with Crippen molar-refractivity contribution in [3.05, 3.63) is 42.2 Å². The van der Waals surface area contributed by atoms with Gasteiger partial charge < -0.3 is 33.9 Å². The average Bonchev–Trinajstić information content (AvgIpc) is 3.26. The van der Waals surface area contributed by atoms with Gasteiger partial charge in [0.25, 0.3) is 5.91 Å². The lowest BCUT2D eigenvalue weighted by atomic mass is 10.2. The molecule has 10 nitrogen and oxygen atoms in total. The summed E-state index contributed by atoms with van der Waals surface area (Å²) in [5.41, 5.74) is 1.47. The summed E-state index contributed by atoms with van der Waals surface area (Å²) >= 11 is 0. The van der Waals surface area contributed by atoms with Crippen molar-refractivity contribution in [2.24, 2.45) is 0 Å². The summed E-state index contributed by atoms with van der Waals surface area (Å²) in [7, 11) is 3.20. The number of carbonyl (C=O) groups excluding carboxylic acids is 2. The van der Waals surface area contributed by atoms with Gasteiger partial charge in [0.2, 0.25) is 0 Å². The van der Waals surface area contributed by atoms with Crippen LogP contribution in [0.2, 0.25) is 0 Å². The van der Waals surface area contributed by atoms with E-state index in [0.29, 0.717) is 55.6 Å². The van der Waals surface area contributed by atoms with Crippen LogP contribution in [0.15, 0.2) is 36.5 Å². The van der Waals surface area contributed by atoms with Gasteiger partial charge in [-0.15, -0.1) is 0 Å². The highest BCUT2D eigenvalue weighted by atomic mass is 16.6. The minimum absolute atomic E-state index is 0.236. The molecule has 1 fully saturated rings. The topological polar surface area (TPSA) is 98.2 Å². The van der Waals surface area contributed by atoms with Crippen molar-refractivity contribution in [2.75, 3.05) is 50.6 Å². The van der Waals surface area contributed by atoms with E-state index < -0.39 is 5.60 Å². The van der Waals surface area contributed by atoms with E-state index in [1.54, 1.807) is 31.4 Å². The lowest BCUT2D eigenvalue weighted by Gasteiger charge is -2.36. The van der Waals surface area contributed by atoms with E-state index >= 15 is 0 Å². The summed E-state index contributed by atoms with van der Waals surface area (Å²) in [6.45, 7) is 10.6. The molecular formula is C27H35N5O5. The van der Waals surface area contributed by atoms with Crippen molar-refractivity contribution < 1.29 is 23.8 Å². The molecule has 0 spiro atoms. The Bertz CT molecular complexity index is 1270. The number of fused-ring (bicyclic) bond motifs is 1. The van der Waals surface area contributed by atoms with Crippen LogP contribution >= 0.6 is 0 Å². The number of pyridine rings is 1. The van der Waals surface area contributed by atoms with E-state index in [2.05, 4.69) is 15.2 Å². The summed E-state index contributed by atoms with van der Waals surface area (Å²) in [5, 5.41) is 3.79. The summed E-state index contributed by atoms with van der Waals surface area (Å²) in [6, 6.07) is 9.25. The summed E-state index contributed by atoms with van der Waals surface area (Å²) < 4.78 is 18.3. The molecule has 1 aliphatic heterocycles. The molecule has 0 bridgehead atoms. The minimum atomic E-state index is -0.513. The van der Waals surface area contributed by atoms with Crippen LogP contribution in [-0.2, 0) is 11.3 Å². The molecule has 3 heterocycles. The van der Waals surface area contributed by atoms with Crippen LogP contribution in [0.3, 0.4) is 0 Å². The third-order valence-corrected chi connectivity index (χ3v) is 6.22. The molecule has 1 N–H and O–H groups in total. The van der Waals surface area contributed by atoms with Gasteiger partial charge in [0.05, 0.1) is 31.6 Å². The normalized spacial score (nSPS) is 14.0. The predicted molar refractivity (Wildman–Crippen MR) is 143 cm³/mol. The smallest absolute Gasteiger partial charge is 0.410 e. The Balaban J connectivity index is 1.43. The van der Waals surface area contributed by atoms with Crippen molar-refractivity contribution in [1.82, 2.24) is 14.5 Å². The minimum Gasteiger partial charge on any atom is -0.497 e. The molecule has 1 aromatic carbocycles. The number of carbonyl (C=O) groups is 2. The molecule has 2 aromatic heterocycles. The summed E-state index contributed by atoms with van der Waals surface area (Å²) in [5.74, 6) is 1.87. The first kappa shape index (κ1) is 26.1. The standard InChI is InChI=1S/C27H35N5O5/c1-7-32-21-14-19(35-5)15-23(36-6)20(21)16-22(32)25(33)29-18-8-9-24(28-17-18)30-10-12-31(13-11-30)26(34)37-27(2,3)4/h8-9,14-17H,7,10-13H2,1-6H3,(H,29,33). The maximum Gasteiger partial charge on any atom is 0.410 e. The molecule has 198 valence electrons. The molecular weight excluding hydrogens is 474 g/mol. The van der Waals surface area contributed by atoms with Crippen molar-refractivity contribution in [1.29, 1.82) is 0 Å². The van der Waals surface area contributed by atoms with Crippen molar-refractivity contribution >= 4 is 34.4 Å². The van der Waals surface area contributed by atoms with Crippen LogP contribution in [0.1, 0.15) is 38.2 Å². The Morgan fingerprint density at radius 1 is 1.03 bits per heavy atom. The fraction of sp³-hybridized carbons (Fsp3) is 0.444. The Hall–Kier alpha value is -3.95. The van der Waals surface area contributed by atoms with Crippen LogP contribution in [0.5, 0.6) is 11.5 Å². The molecule has 2 amide bonds. The third kappa shape index (κ3) is 5.73. The largest absolute Gasteiger partial charge is 0.497 e. The molecule has 0 radical (unpaired) electrons. The average molecular weight is 510 g/mol. The molecule has 0 saturated carbocycles. The Labute approximate surface area is 217 Å². The van der Waals surface area contributed by atoms with Crippen LogP contribution < -0.4 is 19.7 Å². The molecule has 10 heteroatoms. The highest BCUT2D eigenvalue weighted by Gasteiger charge is 2.26. The van der Waals surface area contributed by atoms with Crippen molar-refractivity contribution in [3.8, 4) is 11.5 Å². The number of methoxy groups -OCH3 is 2. The molecule has 3 aromatic rings. The van der Waals surface area contributed by atoms with E-state index in [-0.39, 0.29) is 12.0 Å². The number of amides is 2. The molecule has 0 aliphatic carbocycles. The van der Waals surface area contributed by atoms with Gasteiger partial charge in [0.15, 0.2) is 0 Å². The van der Waals surface area contributed by atoms with Gasteiger partial charge in [-0.2, -0.15) is 0 Å². The number of aryl methyl sites for hydroxylation is 1. The van der Waals surface area contributed by atoms with Crippen LogP contribution in [-0.4, -0.2) is 72.5 Å². The van der Waals surface area contributed by atoms with E-state index in [9.17, 15) is 9.59 Å². The summed E-state index contributed by atoms with van der Waals surface area (Å²) in [6.07, 6.45) is 1.36. The number of hydrogen-bond donors (Lipinski definition) is 1. The number of ether oxygens (including phenoxy) is 3. The maximum atomic E-state index is 13.2. The number of benzene rings is 1. The van der Waals surface area contributed by atoms with Gasteiger partial charge in [-0.1, -0.05) is 0 Å². The van der Waals surface area contributed by atoms with Crippen molar-refractivity contribution in [2.45, 2.75) is 39.8 Å². The molecule has 4 rings (SSSR count). The zero-order valence-corrected chi connectivity index (χ0v) is 22.3. The van der Waals surface area contributed by atoms with Gasteiger partial charge in [-0.05, 0) is 45.9 Å². The highest BCUT2D eigenvalue weighted by molar-refractivity contribution is 6.07. The van der Waals surface area contributed by atoms with E-state index in [1.807, 2.05) is 56.5 Å². The second-order valence-corrected chi connectivity index (χ2v) is 9.85. The molecule has 1 saturated heterocycles. The quantitative estimate of drug-likeness (QED) is 0.526. The zero-order chi connectivity index (χ0) is 26.7. The van der Waals surface area contributed by atoms with E-state index in [4.69, 9.17) is 14.2 Å². The predicted octanol–water partition coefficient (Wildman–Crippen LogP) is 4.38. The fourth-order valence-electron chi connectivity index (χ4n) is 4.40. The fourth-order valence-corrected chi connectivity index (χ4v) is 4.40. The van der Waals surface area contributed by atoms with Gasteiger partial charge in [0, 0.05) is 50.2 Å². The first-order valence-electron chi connectivity index (χ1n) is 12.4. The van der Waals surface area contributed by atoms with E-state index in [0.717, 1.165) is 16.7 Å². The first-order valence-corrected chi connectivity index (χ1v) is 12.4. The number of nitrogens with zero attached hydrogens (tertiary/aromatic N) is 4. The SMILES string of the molecule is CCn1c(C(=O)Nc2ccc(N3CCN(C(=O)OC(C)(C)C)CC3)nc2)cc2c(OC)cc(OC)cc21. The lowest BCUT2D eigenvalue weighted by Crippen LogP contribution is -2.50. The number of anilines is 2. The Morgan fingerprint density at radius 3 is 2.32 bits per heavy atom. The summed E-state index contributed by atoms with van der Waals surface area (Å²) in [4.78, 5) is 33.9. The monoisotopic (exact) mass is 509 g/mol.